The Labute approximate surface area is 115 Å². The monoisotopic (exact) mass is 286 g/mol. The number of likely N-dealkylation sites (tertiary alicyclic amines) is 1. The van der Waals surface area contributed by atoms with Crippen LogP contribution in [0.5, 0.6) is 0 Å². The van der Waals surface area contributed by atoms with E-state index in [1.807, 2.05) is 0 Å². The van der Waals surface area contributed by atoms with Crippen LogP contribution in [0.4, 0.5) is 0 Å². The Morgan fingerprint density at radius 3 is 2.58 bits per heavy atom. The van der Waals surface area contributed by atoms with Gasteiger partial charge in [-0.15, -0.1) is 0 Å². The lowest BCUT2D eigenvalue weighted by molar-refractivity contribution is -0.138. The number of carbonyl (C=O) groups excluding carboxylic acids is 1. The van der Waals surface area contributed by atoms with Gasteiger partial charge in [-0.25, -0.2) is 0 Å². The fraction of sp³-hybridized carbons (Fsp3) is 0.583. The molecule has 1 aromatic rings. The van der Waals surface area contributed by atoms with Crippen LogP contribution in [0.3, 0.4) is 0 Å². The number of hydrogen-bond acceptors (Lipinski definition) is 4. The van der Waals surface area contributed by atoms with Gasteiger partial charge in [-0.05, 0) is 25.7 Å². The van der Waals surface area contributed by atoms with Crippen LogP contribution in [0.15, 0.2) is 4.52 Å². The van der Waals surface area contributed by atoms with Crippen molar-refractivity contribution in [2.24, 2.45) is 5.92 Å². The lowest BCUT2D eigenvalue weighted by atomic mass is 9.93. The molecule has 1 aliphatic heterocycles. The predicted octanol–water partition coefficient (Wildman–Crippen LogP) is 1.96. The number of carboxylic acid groups (broad SMARTS) is 1. The maximum Gasteiger partial charge on any atom is 0.303 e. The Balaban J connectivity index is 1.98. The number of piperidine rings is 1. The number of aryl methyl sites for hydroxylation is 1. The second-order valence-electron chi connectivity index (χ2n) is 4.74. The molecule has 0 bridgehead atoms. The first-order chi connectivity index (χ1) is 8.99. The van der Waals surface area contributed by atoms with E-state index >= 15 is 0 Å². The standard InChI is InChI=1S/C12H15ClN2O4/c1-7-10(11(13)14-19-7)12(18)15-4-2-8(3-5-15)6-9(16)17/h8H,2-6H2,1H3,(H,16,17). The van der Waals surface area contributed by atoms with E-state index in [1.54, 1.807) is 11.8 Å². The molecule has 19 heavy (non-hydrogen) atoms. The van der Waals surface area contributed by atoms with Crippen molar-refractivity contribution >= 4 is 23.5 Å². The third-order valence-corrected chi connectivity index (χ3v) is 3.66. The molecule has 1 saturated heterocycles. The molecule has 1 N–H and O–H groups in total. The Kier molecular flexibility index (Phi) is 4.09. The molecule has 0 radical (unpaired) electrons. The SMILES string of the molecule is Cc1onc(Cl)c1C(=O)N1CCC(CC(=O)O)CC1. The number of rotatable bonds is 3. The lowest BCUT2D eigenvalue weighted by Crippen LogP contribution is -2.39. The molecule has 1 aliphatic rings. The minimum absolute atomic E-state index is 0.0789. The second kappa shape index (κ2) is 5.61. The lowest BCUT2D eigenvalue weighted by Gasteiger charge is -2.31. The summed E-state index contributed by atoms with van der Waals surface area (Å²) in [5.41, 5.74) is 0.304. The van der Waals surface area contributed by atoms with Gasteiger partial charge in [0.25, 0.3) is 5.91 Å². The first-order valence-corrected chi connectivity index (χ1v) is 6.49. The number of carboxylic acids is 1. The van der Waals surface area contributed by atoms with Crippen LogP contribution < -0.4 is 0 Å². The summed E-state index contributed by atoms with van der Waals surface area (Å²) in [5.74, 6) is -0.441. The summed E-state index contributed by atoms with van der Waals surface area (Å²) in [7, 11) is 0. The highest BCUT2D eigenvalue weighted by Crippen LogP contribution is 2.25. The van der Waals surface area contributed by atoms with Crippen molar-refractivity contribution in [3.63, 3.8) is 0 Å². The molecule has 0 aromatic carbocycles. The summed E-state index contributed by atoms with van der Waals surface area (Å²) in [4.78, 5) is 24.6. The van der Waals surface area contributed by atoms with Crippen LogP contribution in [0, 0.1) is 12.8 Å². The largest absolute Gasteiger partial charge is 0.481 e. The van der Waals surface area contributed by atoms with Gasteiger partial charge in [0, 0.05) is 19.5 Å². The molecule has 2 heterocycles. The summed E-state index contributed by atoms with van der Waals surface area (Å²) in [6.45, 7) is 2.72. The van der Waals surface area contributed by atoms with E-state index in [0.717, 1.165) is 0 Å². The number of amides is 1. The van der Waals surface area contributed by atoms with Crippen molar-refractivity contribution in [3.8, 4) is 0 Å². The van der Waals surface area contributed by atoms with E-state index < -0.39 is 5.97 Å². The summed E-state index contributed by atoms with van der Waals surface area (Å²) in [5, 5.41) is 12.4. The molecule has 0 saturated carbocycles. The van der Waals surface area contributed by atoms with Gasteiger partial charge in [-0.1, -0.05) is 16.8 Å². The smallest absolute Gasteiger partial charge is 0.303 e. The molecule has 1 fully saturated rings. The number of carbonyl (C=O) groups is 2. The van der Waals surface area contributed by atoms with E-state index in [0.29, 0.717) is 37.3 Å². The van der Waals surface area contributed by atoms with Gasteiger partial charge in [-0.3, -0.25) is 9.59 Å². The number of nitrogens with zero attached hydrogens (tertiary/aromatic N) is 2. The van der Waals surface area contributed by atoms with Gasteiger partial charge in [0.15, 0.2) is 5.15 Å². The number of aliphatic carboxylic acids is 1. The van der Waals surface area contributed by atoms with E-state index in [9.17, 15) is 9.59 Å². The molecule has 104 valence electrons. The molecule has 0 spiro atoms. The zero-order valence-electron chi connectivity index (χ0n) is 10.6. The molecule has 2 rings (SSSR count). The Bertz CT molecular complexity index is 472. The molecule has 0 aliphatic carbocycles. The normalized spacial score (nSPS) is 16.6. The van der Waals surface area contributed by atoms with Gasteiger partial charge in [0.2, 0.25) is 0 Å². The zero-order valence-corrected chi connectivity index (χ0v) is 11.3. The average Bonchev–Trinajstić information content (AvgIpc) is 2.68. The van der Waals surface area contributed by atoms with Gasteiger partial charge < -0.3 is 14.5 Å². The third kappa shape index (κ3) is 3.07. The van der Waals surface area contributed by atoms with Crippen LogP contribution in [-0.4, -0.2) is 40.1 Å². The van der Waals surface area contributed by atoms with E-state index in [2.05, 4.69) is 5.16 Å². The van der Waals surface area contributed by atoms with E-state index in [1.165, 1.54) is 0 Å². The second-order valence-corrected chi connectivity index (χ2v) is 5.10. The molecule has 7 heteroatoms. The molecule has 1 aromatic heterocycles. The van der Waals surface area contributed by atoms with E-state index in [-0.39, 0.29) is 23.4 Å². The van der Waals surface area contributed by atoms with Gasteiger partial charge >= 0.3 is 5.97 Å². The maximum absolute atomic E-state index is 12.3. The zero-order chi connectivity index (χ0) is 14.0. The van der Waals surface area contributed by atoms with Crippen molar-refractivity contribution in [1.29, 1.82) is 0 Å². The van der Waals surface area contributed by atoms with Crippen LogP contribution in [-0.2, 0) is 4.79 Å². The van der Waals surface area contributed by atoms with Crippen molar-refractivity contribution in [2.45, 2.75) is 26.2 Å². The first kappa shape index (κ1) is 13.9. The summed E-state index contributed by atoms with van der Waals surface area (Å²) in [6.07, 6.45) is 1.55. The summed E-state index contributed by atoms with van der Waals surface area (Å²) < 4.78 is 4.87. The fourth-order valence-corrected chi connectivity index (χ4v) is 2.58. The molecule has 0 unspecified atom stereocenters. The van der Waals surface area contributed by atoms with Crippen molar-refractivity contribution < 1.29 is 19.2 Å². The molecule has 6 nitrogen and oxygen atoms in total. The fourth-order valence-electron chi connectivity index (χ4n) is 2.33. The van der Waals surface area contributed by atoms with Crippen LogP contribution in [0.1, 0.15) is 35.4 Å². The summed E-state index contributed by atoms with van der Waals surface area (Å²) >= 11 is 5.83. The minimum Gasteiger partial charge on any atom is -0.481 e. The van der Waals surface area contributed by atoms with Gasteiger partial charge in [-0.2, -0.15) is 0 Å². The quantitative estimate of drug-likeness (QED) is 0.918. The highest BCUT2D eigenvalue weighted by molar-refractivity contribution is 6.32. The molecule has 1 amide bonds. The first-order valence-electron chi connectivity index (χ1n) is 6.12. The Hall–Kier alpha value is -1.56. The highest BCUT2D eigenvalue weighted by atomic mass is 35.5. The highest BCUT2D eigenvalue weighted by Gasteiger charge is 2.28. The number of hydrogen-bond donors (Lipinski definition) is 1. The minimum atomic E-state index is -0.789. The predicted molar refractivity (Wildman–Crippen MR) is 67.1 cm³/mol. The third-order valence-electron chi connectivity index (χ3n) is 3.40. The Morgan fingerprint density at radius 1 is 1.47 bits per heavy atom. The summed E-state index contributed by atoms with van der Waals surface area (Å²) in [6, 6.07) is 0. The van der Waals surface area contributed by atoms with Crippen LogP contribution >= 0.6 is 11.6 Å². The molecule has 0 atom stereocenters. The average molecular weight is 287 g/mol. The van der Waals surface area contributed by atoms with Crippen molar-refractivity contribution in [3.05, 3.63) is 16.5 Å². The molecular formula is C12H15ClN2O4. The van der Waals surface area contributed by atoms with E-state index in [4.69, 9.17) is 21.2 Å². The van der Waals surface area contributed by atoms with Crippen molar-refractivity contribution in [2.75, 3.05) is 13.1 Å². The van der Waals surface area contributed by atoms with Gasteiger partial charge in [0.05, 0.1) is 0 Å². The number of halogens is 1. The Morgan fingerprint density at radius 2 is 2.11 bits per heavy atom. The topological polar surface area (TPSA) is 83.6 Å². The van der Waals surface area contributed by atoms with Crippen LogP contribution in [0.25, 0.3) is 0 Å². The van der Waals surface area contributed by atoms with Crippen LogP contribution in [0.2, 0.25) is 5.15 Å². The van der Waals surface area contributed by atoms with Crippen molar-refractivity contribution in [1.82, 2.24) is 10.1 Å². The molecular weight excluding hydrogens is 272 g/mol. The van der Waals surface area contributed by atoms with Gasteiger partial charge in [0.1, 0.15) is 11.3 Å². The maximum atomic E-state index is 12.3. The number of aromatic nitrogens is 1.